The Bertz CT molecular complexity index is 313. The lowest BCUT2D eigenvalue weighted by atomic mass is 9.91. The third kappa shape index (κ3) is 2.05. The first-order valence-corrected chi connectivity index (χ1v) is 5.33. The molecule has 0 fully saturated rings. The first kappa shape index (κ1) is 9.47. The molecule has 0 saturated carbocycles. The van der Waals surface area contributed by atoms with Gasteiger partial charge in [-0.05, 0) is 37.4 Å². The number of hydrogen-bond donors (Lipinski definition) is 1. The summed E-state index contributed by atoms with van der Waals surface area (Å²) in [5, 5.41) is 3.33. The zero-order valence-corrected chi connectivity index (χ0v) is 8.66. The van der Waals surface area contributed by atoms with Gasteiger partial charge in [-0.3, -0.25) is 0 Å². The molecule has 1 aliphatic carbocycles. The zero-order valence-electron chi connectivity index (χ0n) is 8.66. The minimum atomic E-state index is 0.568. The van der Waals surface area contributed by atoms with Gasteiger partial charge in [-0.1, -0.05) is 36.4 Å². The lowest BCUT2D eigenvalue weighted by Crippen LogP contribution is -2.25. The average molecular weight is 187 g/mol. The van der Waals surface area contributed by atoms with Crippen molar-refractivity contribution in [1.82, 2.24) is 5.32 Å². The molecule has 1 unspecified atom stereocenters. The van der Waals surface area contributed by atoms with Gasteiger partial charge >= 0.3 is 0 Å². The summed E-state index contributed by atoms with van der Waals surface area (Å²) in [5.41, 5.74) is 2.88. The maximum atomic E-state index is 3.33. The second-order valence-electron chi connectivity index (χ2n) is 3.85. The van der Waals surface area contributed by atoms with Crippen LogP contribution in [-0.2, 0) is 0 Å². The largest absolute Gasteiger partial charge is 0.314 e. The van der Waals surface area contributed by atoms with E-state index in [9.17, 15) is 0 Å². The topological polar surface area (TPSA) is 12.0 Å². The Morgan fingerprint density at radius 3 is 2.71 bits per heavy atom. The van der Waals surface area contributed by atoms with Crippen LogP contribution < -0.4 is 5.32 Å². The normalized spacial score (nSPS) is 21.8. The molecule has 1 N–H and O–H groups in total. The molecule has 2 rings (SSSR count). The van der Waals surface area contributed by atoms with Gasteiger partial charge < -0.3 is 5.32 Å². The molecule has 1 aromatic carbocycles. The van der Waals surface area contributed by atoms with Gasteiger partial charge in [0.1, 0.15) is 0 Å². The molecule has 0 aromatic heterocycles. The molecule has 1 aromatic rings. The van der Waals surface area contributed by atoms with Crippen molar-refractivity contribution >= 4 is 5.57 Å². The van der Waals surface area contributed by atoms with Gasteiger partial charge in [0, 0.05) is 6.04 Å². The van der Waals surface area contributed by atoms with Crippen LogP contribution in [0.15, 0.2) is 36.4 Å². The van der Waals surface area contributed by atoms with Crippen LogP contribution in [0.1, 0.15) is 24.8 Å². The fraction of sp³-hybridized carbons (Fsp3) is 0.385. The molecular formula is C13H17N. The van der Waals surface area contributed by atoms with Gasteiger partial charge in [-0.2, -0.15) is 0 Å². The number of nitrogens with one attached hydrogen (secondary N) is 1. The monoisotopic (exact) mass is 187 g/mol. The first-order valence-electron chi connectivity index (χ1n) is 5.33. The van der Waals surface area contributed by atoms with E-state index in [2.05, 4.69) is 41.7 Å². The van der Waals surface area contributed by atoms with Crippen molar-refractivity contribution in [3.8, 4) is 0 Å². The standard InChI is InChI=1S/C13H17N/c1-14-13-9-5-8-12(10-13)11-6-3-2-4-7-11/h2-4,6-7,10,13-14H,5,8-9H2,1H3. The quantitative estimate of drug-likeness (QED) is 0.750. The van der Waals surface area contributed by atoms with E-state index in [0.29, 0.717) is 6.04 Å². The second kappa shape index (κ2) is 4.43. The molecule has 14 heavy (non-hydrogen) atoms. The van der Waals surface area contributed by atoms with Crippen molar-refractivity contribution in [2.45, 2.75) is 25.3 Å². The predicted molar refractivity (Wildman–Crippen MR) is 61.1 cm³/mol. The molecular weight excluding hydrogens is 170 g/mol. The van der Waals surface area contributed by atoms with Crippen molar-refractivity contribution in [3.05, 3.63) is 42.0 Å². The second-order valence-corrected chi connectivity index (χ2v) is 3.85. The van der Waals surface area contributed by atoms with Crippen molar-refractivity contribution in [2.24, 2.45) is 0 Å². The molecule has 1 atom stereocenters. The van der Waals surface area contributed by atoms with Crippen LogP contribution in [0.25, 0.3) is 5.57 Å². The lowest BCUT2D eigenvalue weighted by molar-refractivity contribution is 0.573. The van der Waals surface area contributed by atoms with E-state index in [0.717, 1.165) is 0 Å². The maximum absolute atomic E-state index is 3.33. The molecule has 0 spiro atoms. The van der Waals surface area contributed by atoms with Crippen LogP contribution >= 0.6 is 0 Å². The van der Waals surface area contributed by atoms with Crippen LogP contribution in [0.2, 0.25) is 0 Å². The van der Waals surface area contributed by atoms with Gasteiger partial charge in [0.25, 0.3) is 0 Å². The van der Waals surface area contributed by atoms with Crippen molar-refractivity contribution < 1.29 is 0 Å². The van der Waals surface area contributed by atoms with Gasteiger partial charge in [0.15, 0.2) is 0 Å². The lowest BCUT2D eigenvalue weighted by Gasteiger charge is -2.20. The van der Waals surface area contributed by atoms with E-state index in [1.165, 1.54) is 30.4 Å². The van der Waals surface area contributed by atoms with Crippen LogP contribution in [-0.4, -0.2) is 13.1 Å². The van der Waals surface area contributed by atoms with Crippen molar-refractivity contribution in [1.29, 1.82) is 0 Å². The van der Waals surface area contributed by atoms with Gasteiger partial charge in [0.05, 0.1) is 0 Å². The van der Waals surface area contributed by atoms with E-state index < -0.39 is 0 Å². The Balaban J connectivity index is 2.22. The summed E-state index contributed by atoms with van der Waals surface area (Å²) >= 11 is 0. The smallest absolute Gasteiger partial charge is 0.0253 e. The fourth-order valence-electron chi connectivity index (χ4n) is 2.04. The highest BCUT2D eigenvalue weighted by atomic mass is 14.9. The minimum absolute atomic E-state index is 0.568. The first-order chi connectivity index (χ1) is 6.90. The molecule has 0 heterocycles. The highest BCUT2D eigenvalue weighted by Crippen LogP contribution is 2.26. The number of rotatable bonds is 2. The Morgan fingerprint density at radius 1 is 1.21 bits per heavy atom. The van der Waals surface area contributed by atoms with E-state index in [-0.39, 0.29) is 0 Å². The average Bonchev–Trinajstić information content (AvgIpc) is 2.30. The molecule has 0 bridgehead atoms. The van der Waals surface area contributed by atoms with Crippen molar-refractivity contribution in [3.63, 3.8) is 0 Å². The summed E-state index contributed by atoms with van der Waals surface area (Å²) in [7, 11) is 2.04. The van der Waals surface area contributed by atoms with Gasteiger partial charge in [-0.15, -0.1) is 0 Å². The third-order valence-electron chi connectivity index (χ3n) is 2.88. The molecule has 1 nitrogen and oxygen atoms in total. The number of allylic oxidation sites excluding steroid dienone is 1. The van der Waals surface area contributed by atoms with E-state index in [4.69, 9.17) is 0 Å². The Kier molecular flexibility index (Phi) is 3.00. The fourth-order valence-corrected chi connectivity index (χ4v) is 2.04. The van der Waals surface area contributed by atoms with Crippen LogP contribution in [0, 0.1) is 0 Å². The molecule has 0 radical (unpaired) electrons. The van der Waals surface area contributed by atoms with Crippen LogP contribution in [0.3, 0.4) is 0 Å². The van der Waals surface area contributed by atoms with E-state index in [1.54, 1.807) is 0 Å². The molecule has 1 heteroatoms. The van der Waals surface area contributed by atoms with Gasteiger partial charge in [-0.25, -0.2) is 0 Å². The highest BCUT2D eigenvalue weighted by molar-refractivity contribution is 5.66. The third-order valence-corrected chi connectivity index (χ3v) is 2.88. The zero-order chi connectivity index (χ0) is 9.80. The number of benzene rings is 1. The van der Waals surface area contributed by atoms with Crippen LogP contribution in [0.5, 0.6) is 0 Å². The summed E-state index contributed by atoms with van der Waals surface area (Å²) in [6, 6.07) is 11.3. The Hall–Kier alpha value is -1.08. The van der Waals surface area contributed by atoms with Crippen molar-refractivity contribution in [2.75, 3.05) is 7.05 Å². The molecule has 74 valence electrons. The SMILES string of the molecule is CNC1C=C(c2ccccc2)CCC1. The summed E-state index contributed by atoms with van der Waals surface area (Å²) in [4.78, 5) is 0. The number of hydrogen-bond acceptors (Lipinski definition) is 1. The van der Waals surface area contributed by atoms with Gasteiger partial charge in [0.2, 0.25) is 0 Å². The molecule has 0 amide bonds. The molecule has 0 aliphatic heterocycles. The van der Waals surface area contributed by atoms with Crippen LogP contribution in [0.4, 0.5) is 0 Å². The maximum Gasteiger partial charge on any atom is 0.0253 e. The van der Waals surface area contributed by atoms with E-state index >= 15 is 0 Å². The Labute approximate surface area is 85.8 Å². The highest BCUT2D eigenvalue weighted by Gasteiger charge is 2.12. The van der Waals surface area contributed by atoms with E-state index in [1.807, 2.05) is 7.05 Å². The summed E-state index contributed by atoms with van der Waals surface area (Å²) in [6.07, 6.45) is 6.17. The molecule has 0 saturated heterocycles. The predicted octanol–water partition coefficient (Wildman–Crippen LogP) is 2.84. The molecule has 1 aliphatic rings. The summed E-state index contributed by atoms with van der Waals surface area (Å²) in [6.45, 7) is 0. The summed E-state index contributed by atoms with van der Waals surface area (Å²) < 4.78 is 0. The number of likely N-dealkylation sites (N-methyl/N-ethyl adjacent to an activating group) is 1. The minimum Gasteiger partial charge on any atom is -0.314 e. The Morgan fingerprint density at radius 2 is 2.00 bits per heavy atom. The summed E-state index contributed by atoms with van der Waals surface area (Å²) in [5.74, 6) is 0.